The number of carbonyl (C=O) groups excluding carboxylic acids is 2. The van der Waals surface area contributed by atoms with Crippen LogP contribution in [0.5, 0.6) is 5.75 Å². The fourth-order valence-corrected chi connectivity index (χ4v) is 4.70. The van der Waals surface area contributed by atoms with Gasteiger partial charge in [0.15, 0.2) is 6.61 Å². The molecule has 2 aromatic rings. The number of thiophene rings is 1. The summed E-state index contributed by atoms with van der Waals surface area (Å²) in [6.45, 7) is 4.19. The van der Waals surface area contributed by atoms with E-state index in [2.05, 4.69) is 12.2 Å². The van der Waals surface area contributed by atoms with Gasteiger partial charge >= 0.3 is 5.97 Å². The van der Waals surface area contributed by atoms with Crippen LogP contribution in [0.15, 0.2) is 30.3 Å². The van der Waals surface area contributed by atoms with Crippen LogP contribution in [0, 0.1) is 5.92 Å². The Bertz CT molecular complexity index is 800. The van der Waals surface area contributed by atoms with Crippen LogP contribution in [-0.4, -0.2) is 25.1 Å². The van der Waals surface area contributed by atoms with Gasteiger partial charge < -0.3 is 14.8 Å². The molecule has 3 rings (SSSR count). The molecular weight excluding hydrogens is 362 g/mol. The molecule has 27 heavy (non-hydrogen) atoms. The Balaban J connectivity index is 1.76. The fourth-order valence-electron chi connectivity index (χ4n) is 3.34. The number of ether oxygens (including phenoxy) is 2. The second kappa shape index (κ2) is 9.04. The molecule has 0 aliphatic heterocycles. The summed E-state index contributed by atoms with van der Waals surface area (Å²) < 4.78 is 10.7. The summed E-state index contributed by atoms with van der Waals surface area (Å²) in [6.07, 6.45) is 4.00. The monoisotopic (exact) mass is 387 g/mol. The molecule has 1 aliphatic carbocycles. The normalized spacial score (nSPS) is 15.7. The van der Waals surface area contributed by atoms with E-state index in [0.717, 1.165) is 31.2 Å². The van der Waals surface area contributed by atoms with Gasteiger partial charge in [-0.25, -0.2) is 4.79 Å². The summed E-state index contributed by atoms with van der Waals surface area (Å²) in [5.41, 5.74) is 1.57. The summed E-state index contributed by atoms with van der Waals surface area (Å²) in [7, 11) is 0. The van der Waals surface area contributed by atoms with E-state index in [4.69, 9.17) is 9.47 Å². The summed E-state index contributed by atoms with van der Waals surface area (Å²) in [6, 6.07) is 9.18. The van der Waals surface area contributed by atoms with Crippen LogP contribution in [0.4, 0.5) is 5.00 Å². The van der Waals surface area contributed by atoms with E-state index < -0.39 is 0 Å². The van der Waals surface area contributed by atoms with Crippen LogP contribution >= 0.6 is 11.3 Å². The molecule has 1 N–H and O–H groups in total. The average molecular weight is 388 g/mol. The van der Waals surface area contributed by atoms with E-state index in [0.29, 0.717) is 28.8 Å². The summed E-state index contributed by atoms with van der Waals surface area (Å²) >= 11 is 1.50. The molecule has 0 fully saturated rings. The smallest absolute Gasteiger partial charge is 0.341 e. The molecule has 1 aromatic heterocycles. The highest BCUT2D eigenvalue weighted by molar-refractivity contribution is 7.17. The zero-order valence-corrected chi connectivity index (χ0v) is 16.6. The van der Waals surface area contributed by atoms with Crippen LogP contribution in [0.25, 0.3) is 0 Å². The van der Waals surface area contributed by atoms with Gasteiger partial charge in [-0.15, -0.1) is 11.3 Å². The van der Waals surface area contributed by atoms with Crippen molar-refractivity contribution >= 4 is 28.2 Å². The van der Waals surface area contributed by atoms with Gasteiger partial charge in [0.1, 0.15) is 10.8 Å². The lowest BCUT2D eigenvalue weighted by molar-refractivity contribution is -0.118. The van der Waals surface area contributed by atoms with Crippen LogP contribution in [0.1, 0.15) is 47.5 Å². The first kappa shape index (κ1) is 19.4. The molecule has 1 amide bonds. The number of para-hydroxylation sites is 1. The number of hydrogen-bond acceptors (Lipinski definition) is 5. The Morgan fingerprint density at radius 3 is 2.70 bits per heavy atom. The van der Waals surface area contributed by atoms with Crippen molar-refractivity contribution in [2.45, 2.75) is 39.5 Å². The first-order chi connectivity index (χ1) is 13.1. The van der Waals surface area contributed by atoms with Gasteiger partial charge in [0.25, 0.3) is 5.91 Å². The van der Waals surface area contributed by atoms with E-state index in [1.165, 1.54) is 16.2 Å². The van der Waals surface area contributed by atoms with Gasteiger partial charge in [0.05, 0.1) is 12.2 Å². The Morgan fingerprint density at radius 1 is 1.22 bits per heavy atom. The molecule has 144 valence electrons. The largest absolute Gasteiger partial charge is 0.484 e. The molecule has 0 bridgehead atoms. The third-order valence-corrected chi connectivity index (χ3v) is 5.96. The first-order valence-electron chi connectivity index (χ1n) is 9.41. The SMILES string of the molecule is CCOC(=O)c1c(NC(=O)COc2ccccc2)sc2c1CC[C@H](CC)C2. The molecule has 1 heterocycles. The van der Waals surface area contributed by atoms with Gasteiger partial charge in [0, 0.05) is 4.88 Å². The highest BCUT2D eigenvalue weighted by Gasteiger charge is 2.29. The van der Waals surface area contributed by atoms with Crippen molar-refractivity contribution in [1.29, 1.82) is 0 Å². The van der Waals surface area contributed by atoms with E-state index in [-0.39, 0.29) is 18.5 Å². The lowest BCUT2D eigenvalue weighted by Gasteiger charge is -2.20. The number of esters is 1. The maximum Gasteiger partial charge on any atom is 0.341 e. The number of fused-ring (bicyclic) bond motifs is 1. The lowest BCUT2D eigenvalue weighted by Crippen LogP contribution is -2.21. The Hall–Kier alpha value is -2.34. The van der Waals surface area contributed by atoms with Crippen molar-refractivity contribution in [3.63, 3.8) is 0 Å². The maximum atomic E-state index is 12.5. The standard InChI is InChI=1S/C21H25NO4S/c1-3-14-10-11-16-17(12-14)27-20(19(16)21(24)25-4-2)22-18(23)13-26-15-8-6-5-7-9-15/h5-9,14H,3-4,10-13H2,1-2H3,(H,22,23)/t14-/m0/s1. The van der Waals surface area contributed by atoms with Crippen molar-refractivity contribution in [1.82, 2.24) is 0 Å². The predicted octanol–water partition coefficient (Wildman–Crippen LogP) is 4.46. The van der Waals surface area contributed by atoms with E-state index in [1.54, 1.807) is 19.1 Å². The topological polar surface area (TPSA) is 64.6 Å². The molecule has 0 saturated heterocycles. The summed E-state index contributed by atoms with van der Waals surface area (Å²) in [5.74, 6) is 0.630. The van der Waals surface area contributed by atoms with Gasteiger partial charge in [-0.1, -0.05) is 31.5 Å². The Labute approximate surface area is 163 Å². The molecule has 1 aromatic carbocycles. The fraction of sp³-hybridized carbons (Fsp3) is 0.429. The van der Waals surface area contributed by atoms with Gasteiger partial charge in [-0.3, -0.25) is 4.79 Å². The van der Waals surface area contributed by atoms with Crippen molar-refractivity contribution in [2.75, 3.05) is 18.5 Å². The van der Waals surface area contributed by atoms with E-state index in [1.807, 2.05) is 18.2 Å². The number of amides is 1. The quantitative estimate of drug-likeness (QED) is 0.713. The zero-order chi connectivity index (χ0) is 19.2. The van der Waals surface area contributed by atoms with E-state index in [9.17, 15) is 9.59 Å². The summed E-state index contributed by atoms with van der Waals surface area (Å²) in [5, 5.41) is 3.44. The van der Waals surface area contributed by atoms with Crippen LogP contribution < -0.4 is 10.1 Å². The number of hydrogen-bond donors (Lipinski definition) is 1. The number of nitrogens with one attached hydrogen (secondary N) is 1. The third kappa shape index (κ3) is 4.69. The second-order valence-corrected chi connectivity index (χ2v) is 7.70. The third-order valence-electron chi connectivity index (χ3n) is 4.79. The van der Waals surface area contributed by atoms with Crippen molar-refractivity contribution < 1.29 is 19.1 Å². The van der Waals surface area contributed by atoms with Crippen molar-refractivity contribution in [3.05, 3.63) is 46.3 Å². The molecule has 0 radical (unpaired) electrons. The van der Waals surface area contributed by atoms with Gasteiger partial charge in [-0.2, -0.15) is 0 Å². The Morgan fingerprint density at radius 2 is 2.00 bits per heavy atom. The second-order valence-electron chi connectivity index (χ2n) is 6.60. The average Bonchev–Trinajstić information content (AvgIpc) is 3.04. The predicted molar refractivity (Wildman–Crippen MR) is 107 cm³/mol. The Kier molecular flexibility index (Phi) is 6.50. The van der Waals surface area contributed by atoms with Crippen LogP contribution in [-0.2, 0) is 22.4 Å². The highest BCUT2D eigenvalue weighted by atomic mass is 32.1. The van der Waals surface area contributed by atoms with Crippen LogP contribution in [0.2, 0.25) is 0 Å². The minimum Gasteiger partial charge on any atom is -0.484 e. The van der Waals surface area contributed by atoms with Gasteiger partial charge in [0.2, 0.25) is 0 Å². The molecule has 1 aliphatic rings. The number of rotatable bonds is 7. The lowest BCUT2D eigenvalue weighted by atomic mass is 9.85. The molecule has 0 spiro atoms. The molecule has 0 saturated carbocycles. The highest BCUT2D eigenvalue weighted by Crippen LogP contribution is 2.40. The zero-order valence-electron chi connectivity index (χ0n) is 15.7. The molecular formula is C21H25NO4S. The van der Waals surface area contributed by atoms with E-state index >= 15 is 0 Å². The van der Waals surface area contributed by atoms with Crippen molar-refractivity contribution in [3.8, 4) is 5.75 Å². The number of anilines is 1. The van der Waals surface area contributed by atoms with Crippen LogP contribution in [0.3, 0.4) is 0 Å². The van der Waals surface area contributed by atoms with Crippen molar-refractivity contribution in [2.24, 2.45) is 5.92 Å². The minimum atomic E-state index is -0.357. The number of benzene rings is 1. The summed E-state index contributed by atoms with van der Waals surface area (Å²) in [4.78, 5) is 26.1. The maximum absolute atomic E-state index is 12.5. The minimum absolute atomic E-state index is 0.105. The molecule has 6 heteroatoms. The number of carbonyl (C=O) groups is 2. The van der Waals surface area contributed by atoms with Gasteiger partial charge in [-0.05, 0) is 49.8 Å². The molecule has 1 atom stereocenters. The first-order valence-corrected chi connectivity index (χ1v) is 10.2. The molecule has 5 nitrogen and oxygen atoms in total. The molecule has 0 unspecified atom stereocenters.